The van der Waals surface area contributed by atoms with Gasteiger partial charge in [-0.15, -0.1) is 0 Å². The second kappa shape index (κ2) is 8.51. The molecule has 132 valence electrons. The minimum atomic E-state index is 0.429. The van der Waals surface area contributed by atoms with Crippen LogP contribution in [0.25, 0.3) is 0 Å². The molecule has 1 aliphatic rings. The van der Waals surface area contributed by atoms with Crippen LogP contribution < -0.4 is 16.0 Å². The summed E-state index contributed by atoms with van der Waals surface area (Å²) >= 11 is 0. The van der Waals surface area contributed by atoms with Gasteiger partial charge in [0, 0.05) is 25.0 Å². The number of aromatic nitrogens is 1. The smallest absolute Gasteiger partial charge is 0.193 e. The van der Waals surface area contributed by atoms with Crippen molar-refractivity contribution >= 4 is 17.5 Å². The summed E-state index contributed by atoms with van der Waals surface area (Å²) in [5.41, 5.74) is 9.29. The molecule has 0 unspecified atom stereocenters. The van der Waals surface area contributed by atoms with E-state index in [2.05, 4.69) is 39.2 Å². The van der Waals surface area contributed by atoms with E-state index in [0.717, 1.165) is 30.2 Å². The van der Waals surface area contributed by atoms with E-state index < -0.39 is 0 Å². The molecule has 0 saturated carbocycles. The van der Waals surface area contributed by atoms with Crippen LogP contribution in [0.4, 0.5) is 11.5 Å². The first-order chi connectivity index (χ1) is 12.2. The molecule has 25 heavy (non-hydrogen) atoms. The molecule has 1 aromatic heterocycles. The van der Waals surface area contributed by atoms with Crippen molar-refractivity contribution in [2.45, 2.75) is 39.2 Å². The first-order valence-electron chi connectivity index (χ1n) is 9.04. The lowest BCUT2D eigenvalue weighted by molar-refractivity contribution is 0.726. The summed E-state index contributed by atoms with van der Waals surface area (Å²) in [6.07, 6.45) is 7.01. The van der Waals surface area contributed by atoms with Gasteiger partial charge in [0.25, 0.3) is 0 Å². The third kappa shape index (κ3) is 5.21. The topological polar surface area (TPSA) is 66.5 Å². The van der Waals surface area contributed by atoms with E-state index in [1.54, 1.807) is 0 Å². The van der Waals surface area contributed by atoms with E-state index in [-0.39, 0.29) is 0 Å². The van der Waals surface area contributed by atoms with Crippen LogP contribution in [0.3, 0.4) is 0 Å². The van der Waals surface area contributed by atoms with Gasteiger partial charge in [-0.25, -0.2) is 9.98 Å². The van der Waals surface area contributed by atoms with Crippen molar-refractivity contribution in [3.8, 4) is 0 Å². The third-order valence-corrected chi connectivity index (χ3v) is 4.46. The SMILES string of the molecule is Cc1cccc(NC(N)=NCc2ccnc(N3CCCCCC3)c2)c1. The van der Waals surface area contributed by atoms with E-state index in [4.69, 9.17) is 5.73 Å². The van der Waals surface area contributed by atoms with Crippen molar-refractivity contribution in [1.29, 1.82) is 0 Å². The van der Waals surface area contributed by atoms with Crippen LogP contribution in [-0.4, -0.2) is 24.0 Å². The molecule has 3 N–H and O–H groups in total. The Kier molecular flexibility index (Phi) is 5.88. The summed E-state index contributed by atoms with van der Waals surface area (Å²) in [5, 5.41) is 3.14. The number of hydrogen-bond acceptors (Lipinski definition) is 3. The number of nitrogens with two attached hydrogens (primary N) is 1. The number of aryl methyl sites for hydroxylation is 1. The number of nitrogens with one attached hydrogen (secondary N) is 1. The van der Waals surface area contributed by atoms with Crippen LogP contribution >= 0.6 is 0 Å². The molecule has 1 fully saturated rings. The maximum Gasteiger partial charge on any atom is 0.193 e. The van der Waals surface area contributed by atoms with Crippen molar-refractivity contribution in [3.05, 3.63) is 53.7 Å². The van der Waals surface area contributed by atoms with Gasteiger partial charge in [0.1, 0.15) is 5.82 Å². The molecule has 1 aromatic carbocycles. The molecular formula is C20H27N5. The summed E-state index contributed by atoms with van der Waals surface area (Å²) in [6.45, 7) is 4.79. The average molecular weight is 337 g/mol. The van der Waals surface area contributed by atoms with Crippen molar-refractivity contribution < 1.29 is 0 Å². The number of aliphatic imine (C=N–C) groups is 1. The molecule has 5 heteroatoms. The van der Waals surface area contributed by atoms with Gasteiger partial charge in [-0.05, 0) is 55.2 Å². The fourth-order valence-electron chi connectivity index (χ4n) is 3.12. The number of rotatable bonds is 4. The standard InChI is InChI=1S/C20H27N5/c1-16-7-6-8-18(13-16)24-20(21)23-15-17-9-10-22-19(14-17)25-11-4-2-3-5-12-25/h6-10,13-14H,2-5,11-12,15H2,1H3,(H3,21,23,24). The molecule has 3 rings (SSSR count). The van der Waals surface area contributed by atoms with Gasteiger partial charge < -0.3 is 16.0 Å². The van der Waals surface area contributed by atoms with E-state index in [1.165, 1.54) is 31.2 Å². The van der Waals surface area contributed by atoms with Crippen LogP contribution in [0.5, 0.6) is 0 Å². The maximum absolute atomic E-state index is 6.02. The first kappa shape index (κ1) is 17.3. The highest BCUT2D eigenvalue weighted by Gasteiger charge is 2.11. The van der Waals surface area contributed by atoms with Gasteiger partial charge in [-0.2, -0.15) is 0 Å². The van der Waals surface area contributed by atoms with Crippen LogP contribution in [0.2, 0.25) is 0 Å². The summed E-state index contributed by atoms with van der Waals surface area (Å²) < 4.78 is 0. The van der Waals surface area contributed by atoms with E-state index >= 15 is 0 Å². The fraction of sp³-hybridized carbons (Fsp3) is 0.400. The summed E-state index contributed by atoms with van der Waals surface area (Å²) in [6, 6.07) is 12.2. The van der Waals surface area contributed by atoms with E-state index in [1.807, 2.05) is 30.5 Å². The second-order valence-electron chi connectivity index (χ2n) is 6.62. The number of guanidine groups is 1. The predicted octanol–water partition coefficient (Wildman–Crippen LogP) is 3.70. The lowest BCUT2D eigenvalue weighted by Crippen LogP contribution is -2.25. The Labute approximate surface area is 150 Å². The summed E-state index contributed by atoms with van der Waals surface area (Å²) in [5.74, 6) is 1.48. The third-order valence-electron chi connectivity index (χ3n) is 4.46. The zero-order chi connectivity index (χ0) is 17.5. The largest absolute Gasteiger partial charge is 0.370 e. The Morgan fingerprint density at radius 1 is 1.16 bits per heavy atom. The Hall–Kier alpha value is -2.56. The van der Waals surface area contributed by atoms with Gasteiger partial charge in [0.15, 0.2) is 5.96 Å². The number of hydrogen-bond donors (Lipinski definition) is 2. The molecule has 0 bridgehead atoms. The molecule has 2 heterocycles. The van der Waals surface area contributed by atoms with Crippen LogP contribution in [0, 0.1) is 6.92 Å². The van der Waals surface area contributed by atoms with Crippen molar-refractivity contribution in [1.82, 2.24) is 4.98 Å². The predicted molar refractivity (Wildman–Crippen MR) is 105 cm³/mol. The number of benzene rings is 1. The van der Waals surface area contributed by atoms with Gasteiger partial charge >= 0.3 is 0 Å². The van der Waals surface area contributed by atoms with Gasteiger partial charge in [0.05, 0.1) is 6.54 Å². The molecule has 5 nitrogen and oxygen atoms in total. The van der Waals surface area contributed by atoms with Crippen molar-refractivity contribution in [2.75, 3.05) is 23.3 Å². The highest BCUT2D eigenvalue weighted by Crippen LogP contribution is 2.18. The molecule has 1 aliphatic heterocycles. The van der Waals surface area contributed by atoms with Gasteiger partial charge in [-0.3, -0.25) is 0 Å². The molecule has 0 radical (unpaired) electrons. The Morgan fingerprint density at radius 2 is 1.96 bits per heavy atom. The minimum Gasteiger partial charge on any atom is -0.370 e. The van der Waals surface area contributed by atoms with Crippen LogP contribution in [0.15, 0.2) is 47.6 Å². The molecule has 0 spiro atoms. The number of nitrogens with zero attached hydrogens (tertiary/aromatic N) is 3. The Morgan fingerprint density at radius 3 is 2.72 bits per heavy atom. The molecule has 0 amide bonds. The summed E-state index contributed by atoms with van der Waals surface area (Å²) in [4.78, 5) is 11.4. The highest BCUT2D eigenvalue weighted by atomic mass is 15.2. The minimum absolute atomic E-state index is 0.429. The number of pyridine rings is 1. The number of anilines is 2. The lowest BCUT2D eigenvalue weighted by atomic mass is 10.2. The molecular weight excluding hydrogens is 310 g/mol. The monoisotopic (exact) mass is 337 g/mol. The Bertz CT molecular complexity index is 718. The molecule has 0 aliphatic carbocycles. The van der Waals surface area contributed by atoms with Crippen LogP contribution in [0.1, 0.15) is 36.8 Å². The Balaban J connectivity index is 1.63. The maximum atomic E-state index is 6.02. The van der Waals surface area contributed by atoms with Gasteiger partial charge in [-0.1, -0.05) is 25.0 Å². The normalized spacial score (nSPS) is 15.7. The zero-order valence-electron chi connectivity index (χ0n) is 14.9. The van der Waals surface area contributed by atoms with E-state index in [9.17, 15) is 0 Å². The molecule has 1 saturated heterocycles. The van der Waals surface area contributed by atoms with Crippen molar-refractivity contribution in [2.24, 2.45) is 10.7 Å². The zero-order valence-corrected chi connectivity index (χ0v) is 14.9. The van der Waals surface area contributed by atoms with Gasteiger partial charge in [0.2, 0.25) is 0 Å². The fourth-order valence-corrected chi connectivity index (χ4v) is 3.12. The average Bonchev–Trinajstić information content (AvgIpc) is 2.90. The molecule has 2 aromatic rings. The lowest BCUT2D eigenvalue weighted by Gasteiger charge is -2.21. The van der Waals surface area contributed by atoms with Crippen molar-refractivity contribution in [3.63, 3.8) is 0 Å². The van der Waals surface area contributed by atoms with E-state index in [0.29, 0.717) is 12.5 Å². The molecule has 0 atom stereocenters. The summed E-state index contributed by atoms with van der Waals surface area (Å²) in [7, 11) is 0. The first-order valence-corrected chi connectivity index (χ1v) is 9.04. The quantitative estimate of drug-likeness (QED) is 0.659. The van der Waals surface area contributed by atoms with Crippen LogP contribution in [-0.2, 0) is 6.54 Å². The highest BCUT2D eigenvalue weighted by molar-refractivity contribution is 5.92. The second-order valence-corrected chi connectivity index (χ2v) is 6.62.